The summed E-state index contributed by atoms with van der Waals surface area (Å²) in [6.45, 7) is 0. The maximum absolute atomic E-state index is 12.5. The fraction of sp³-hybridized carbons (Fsp3) is 0.172. The number of rotatable bonds is 6. The standard InChI is InChI=1S/C29H25Cl2N5O3/c1-38-23-13-11-22(12-14-23)36-27(39-2)15-25-24(17-32)28(33)35(21-9-5-19(31)6-10-21)26(16-29(25,36)37)34-20-7-3-18(30)4-8-20/h3-15,26,33-34,37H,16H2,1-2H3. The lowest BCUT2D eigenvalue weighted by Crippen LogP contribution is -2.53. The molecule has 0 radical (unpaired) electrons. The summed E-state index contributed by atoms with van der Waals surface area (Å²) in [4.78, 5) is 3.31. The average Bonchev–Trinajstić information content (AvgIpc) is 3.18. The molecule has 0 bridgehead atoms. The summed E-state index contributed by atoms with van der Waals surface area (Å²) in [7, 11) is 3.08. The minimum atomic E-state index is -1.75. The molecule has 0 aromatic heterocycles. The van der Waals surface area contributed by atoms with Crippen LogP contribution in [0.15, 0.2) is 95.9 Å². The summed E-state index contributed by atoms with van der Waals surface area (Å²) in [6, 6.07) is 23.4. The van der Waals surface area contributed by atoms with Gasteiger partial charge in [-0.25, -0.2) is 0 Å². The van der Waals surface area contributed by atoms with Crippen LogP contribution in [0, 0.1) is 16.7 Å². The lowest BCUT2D eigenvalue weighted by Gasteiger charge is -2.40. The number of fused-ring (bicyclic) bond motifs is 1. The number of ether oxygens (including phenoxy) is 2. The average molecular weight is 562 g/mol. The highest BCUT2D eigenvalue weighted by Crippen LogP contribution is 2.46. The molecule has 10 heteroatoms. The van der Waals surface area contributed by atoms with Gasteiger partial charge in [0, 0.05) is 45.2 Å². The first-order valence-electron chi connectivity index (χ1n) is 12.0. The van der Waals surface area contributed by atoms with Gasteiger partial charge in [0.15, 0.2) is 11.6 Å². The van der Waals surface area contributed by atoms with Gasteiger partial charge in [-0.15, -0.1) is 0 Å². The molecule has 0 saturated carbocycles. The van der Waals surface area contributed by atoms with E-state index in [1.807, 2.05) is 12.1 Å². The second-order valence-corrected chi connectivity index (χ2v) is 9.88. The SMILES string of the molecule is COC1=CC2=C(C#N)C(=N)N(c3ccc(Cl)cc3)C(Nc3ccc(Cl)cc3)CC2(O)N1c1ccc(OC)cc1. The van der Waals surface area contributed by atoms with Crippen LogP contribution in [-0.4, -0.2) is 37.1 Å². The van der Waals surface area contributed by atoms with E-state index in [1.165, 1.54) is 7.11 Å². The molecule has 2 heterocycles. The molecule has 0 amide bonds. The molecule has 0 saturated heterocycles. The molecule has 8 nitrogen and oxygen atoms in total. The van der Waals surface area contributed by atoms with E-state index in [2.05, 4.69) is 11.4 Å². The van der Waals surface area contributed by atoms with Crippen molar-refractivity contribution in [3.63, 3.8) is 0 Å². The van der Waals surface area contributed by atoms with E-state index < -0.39 is 11.9 Å². The summed E-state index contributed by atoms with van der Waals surface area (Å²) in [5.41, 5.74) is 0.494. The summed E-state index contributed by atoms with van der Waals surface area (Å²) in [5.74, 6) is 0.907. The minimum absolute atomic E-state index is 0.0124. The molecule has 5 rings (SSSR count). The zero-order valence-electron chi connectivity index (χ0n) is 21.2. The van der Waals surface area contributed by atoms with Crippen LogP contribution in [0.4, 0.5) is 17.1 Å². The smallest absolute Gasteiger partial charge is 0.196 e. The lowest BCUT2D eigenvalue weighted by molar-refractivity contribution is 0.0667. The molecule has 198 valence electrons. The zero-order valence-corrected chi connectivity index (χ0v) is 22.7. The molecule has 2 unspecified atom stereocenters. The molecule has 0 fully saturated rings. The molecule has 3 aromatic carbocycles. The van der Waals surface area contributed by atoms with Crippen LogP contribution in [0.25, 0.3) is 0 Å². The van der Waals surface area contributed by atoms with Crippen molar-refractivity contribution in [3.8, 4) is 11.8 Å². The monoisotopic (exact) mass is 561 g/mol. The number of nitrogens with one attached hydrogen (secondary N) is 2. The Morgan fingerprint density at radius 2 is 1.54 bits per heavy atom. The Morgan fingerprint density at radius 1 is 0.949 bits per heavy atom. The van der Waals surface area contributed by atoms with Crippen LogP contribution < -0.4 is 19.9 Å². The number of anilines is 3. The van der Waals surface area contributed by atoms with Gasteiger partial charge in [-0.3, -0.25) is 10.3 Å². The number of benzene rings is 3. The molecular weight excluding hydrogens is 537 g/mol. The summed E-state index contributed by atoms with van der Waals surface area (Å²) in [5, 5.41) is 36.5. The fourth-order valence-electron chi connectivity index (χ4n) is 4.95. The molecule has 3 aromatic rings. The normalized spacial score (nSPS) is 20.7. The van der Waals surface area contributed by atoms with Gasteiger partial charge in [-0.05, 0) is 72.8 Å². The second-order valence-electron chi connectivity index (χ2n) is 9.00. The number of nitriles is 1. The first-order valence-corrected chi connectivity index (χ1v) is 12.8. The first-order chi connectivity index (χ1) is 18.8. The van der Waals surface area contributed by atoms with Crippen molar-refractivity contribution < 1.29 is 14.6 Å². The molecule has 2 atom stereocenters. The van der Waals surface area contributed by atoms with E-state index in [4.69, 9.17) is 32.7 Å². The van der Waals surface area contributed by atoms with Gasteiger partial charge in [-0.1, -0.05) is 23.2 Å². The number of hydrogen-bond donors (Lipinski definition) is 3. The van der Waals surface area contributed by atoms with E-state index in [9.17, 15) is 15.8 Å². The third kappa shape index (κ3) is 4.77. The quantitative estimate of drug-likeness (QED) is 0.331. The van der Waals surface area contributed by atoms with Crippen molar-refractivity contribution >= 4 is 46.1 Å². The van der Waals surface area contributed by atoms with E-state index in [0.29, 0.717) is 33.1 Å². The van der Waals surface area contributed by atoms with Crippen molar-refractivity contribution in [3.05, 3.63) is 106 Å². The molecule has 2 aliphatic heterocycles. The van der Waals surface area contributed by atoms with Crippen molar-refractivity contribution in [2.75, 3.05) is 29.3 Å². The van der Waals surface area contributed by atoms with Gasteiger partial charge in [0.25, 0.3) is 0 Å². The molecule has 2 aliphatic rings. The van der Waals surface area contributed by atoms with Crippen LogP contribution in [0.2, 0.25) is 10.0 Å². The Hall–Kier alpha value is -4.16. The number of nitrogens with zero attached hydrogens (tertiary/aromatic N) is 3. The molecule has 3 N–H and O–H groups in total. The predicted molar refractivity (Wildman–Crippen MR) is 153 cm³/mol. The highest BCUT2D eigenvalue weighted by atomic mass is 35.5. The maximum atomic E-state index is 12.5. The Labute approximate surface area is 236 Å². The largest absolute Gasteiger partial charge is 0.497 e. The molecular formula is C29H25Cl2N5O3. The number of amidine groups is 1. The van der Waals surface area contributed by atoms with Gasteiger partial charge >= 0.3 is 0 Å². The van der Waals surface area contributed by atoms with E-state index in [-0.39, 0.29) is 23.4 Å². The van der Waals surface area contributed by atoms with Gasteiger partial charge < -0.3 is 24.8 Å². The van der Waals surface area contributed by atoms with Crippen molar-refractivity contribution in [2.45, 2.75) is 18.3 Å². The van der Waals surface area contributed by atoms with E-state index in [0.717, 1.165) is 5.69 Å². The number of methoxy groups -OCH3 is 2. The molecule has 39 heavy (non-hydrogen) atoms. The van der Waals surface area contributed by atoms with Crippen molar-refractivity contribution in [1.29, 1.82) is 10.7 Å². The van der Waals surface area contributed by atoms with Crippen LogP contribution in [0.1, 0.15) is 6.42 Å². The predicted octanol–water partition coefficient (Wildman–Crippen LogP) is 6.14. The Morgan fingerprint density at radius 3 is 2.10 bits per heavy atom. The Kier molecular flexibility index (Phi) is 7.15. The van der Waals surface area contributed by atoms with Crippen molar-refractivity contribution in [2.24, 2.45) is 0 Å². The van der Waals surface area contributed by atoms with Crippen LogP contribution in [-0.2, 0) is 4.74 Å². The van der Waals surface area contributed by atoms with Gasteiger partial charge in [0.1, 0.15) is 29.4 Å². The summed E-state index contributed by atoms with van der Waals surface area (Å²) in [6.07, 6.45) is 0.967. The molecule has 0 spiro atoms. The summed E-state index contributed by atoms with van der Waals surface area (Å²) < 4.78 is 11.0. The Bertz CT molecular complexity index is 1500. The van der Waals surface area contributed by atoms with Crippen molar-refractivity contribution in [1.82, 2.24) is 0 Å². The van der Waals surface area contributed by atoms with Gasteiger partial charge in [0.2, 0.25) is 0 Å². The number of aliphatic hydroxyl groups is 1. The topological polar surface area (TPSA) is 105 Å². The van der Waals surface area contributed by atoms with Crippen LogP contribution in [0.5, 0.6) is 5.75 Å². The van der Waals surface area contributed by atoms with Gasteiger partial charge in [0.05, 0.1) is 14.2 Å². The van der Waals surface area contributed by atoms with Crippen LogP contribution >= 0.6 is 23.2 Å². The van der Waals surface area contributed by atoms with E-state index >= 15 is 0 Å². The summed E-state index contributed by atoms with van der Waals surface area (Å²) >= 11 is 12.3. The second kappa shape index (κ2) is 10.5. The third-order valence-corrected chi connectivity index (χ3v) is 7.26. The highest BCUT2D eigenvalue weighted by molar-refractivity contribution is 6.31. The Balaban J connectivity index is 1.69. The zero-order chi connectivity index (χ0) is 27.7. The maximum Gasteiger partial charge on any atom is 0.196 e. The lowest BCUT2D eigenvalue weighted by atomic mass is 9.95. The highest BCUT2D eigenvalue weighted by Gasteiger charge is 2.52. The third-order valence-electron chi connectivity index (χ3n) is 6.76. The number of hydrogen-bond acceptors (Lipinski definition) is 7. The van der Waals surface area contributed by atoms with Crippen LogP contribution in [0.3, 0.4) is 0 Å². The number of halogens is 2. The first kappa shape index (κ1) is 26.4. The fourth-order valence-corrected chi connectivity index (χ4v) is 5.20. The minimum Gasteiger partial charge on any atom is -0.497 e. The van der Waals surface area contributed by atoms with Gasteiger partial charge in [-0.2, -0.15) is 5.26 Å². The molecule has 0 aliphatic carbocycles. The van der Waals surface area contributed by atoms with E-state index in [1.54, 1.807) is 83.6 Å².